The number of benzene rings is 1. The smallest absolute Gasteiger partial charge is 0.387 e. The summed E-state index contributed by atoms with van der Waals surface area (Å²) in [5.74, 6) is 0.109. The first-order valence-electron chi connectivity index (χ1n) is 8.21. The van der Waals surface area contributed by atoms with Crippen LogP contribution in [0.15, 0.2) is 18.2 Å². The molecular weight excluding hydrogens is 318 g/mol. The summed E-state index contributed by atoms with van der Waals surface area (Å²) in [5, 5.41) is 6.12. The van der Waals surface area contributed by atoms with Crippen LogP contribution in [0.3, 0.4) is 0 Å². The fourth-order valence-corrected chi connectivity index (χ4v) is 2.89. The van der Waals surface area contributed by atoms with E-state index in [0.717, 1.165) is 19.4 Å². The van der Waals surface area contributed by atoms with Gasteiger partial charge < -0.3 is 20.1 Å². The monoisotopic (exact) mass is 342 g/mol. The maximum absolute atomic E-state index is 12.7. The molecule has 2 N–H and O–H groups in total. The number of para-hydroxylation sites is 1. The number of halogens is 2. The van der Waals surface area contributed by atoms with Gasteiger partial charge in [0.25, 0.3) is 0 Å². The number of ether oxygens (including phenoxy) is 2. The van der Waals surface area contributed by atoms with E-state index in [1.165, 1.54) is 0 Å². The van der Waals surface area contributed by atoms with Crippen molar-refractivity contribution in [1.29, 1.82) is 0 Å². The highest BCUT2D eigenvalue weighted by Crippen LogP contribution is 2.32. The molecule has 0 aromatic heterocycles. The minimum Gasteiger partial charge on any atom is -0.490 e. The van der Waals surface area contributed by atoms with Gasteiger partial charge in [-0.1, -0.05) is 12.1 Å². The molecule has 2 atom stereocenters. The predicted octanol–water partition coefficient (Wildman–Crippen LogP) is 2.69. The average molecular weight is 342 g/mol. The third-order valence-corrected chi connectivity index (χ3v) is 4.01. The van der Waals surface area contributed by atoms with Crippen LogP contribution in [0.4, 0.5) is 8.78 Å². The number of carbonyl (C=O) groups excluding carboxylic acids is 1. The maximum Gasteiger partial charge on any atom is 0.387 e. The highest BCUT2D eigenvalue weighted by atomic mass is 19.3. The quantitative estimate of drug-likeness (QED) is 0.800. The van der Waals surface area contributed by atoms with E-state index in [4.69, 9.17) is 4.74 Å². The van der Waals surface area contributed by atoms with Crippen LogP contribution < -0.4 is 20.1 Å². The van der Waals surface area contributed by atoms with Gasteiger partial charge in [0.15, 0.2) is 11.5 Å². The van der Waals surface area contributed by atoms with E-state index in [0.29, 0.717) is 18.2 Å². The number of alkyl halides is 2. The molecule has 1 aromatic rings. The van der Waals surface area contributed by atoms with E-state index in [1.54, 1.807) is 25.1 Å². The predicted molar refractivity (Wildman–Crippen MR) is 86.3 cm³/mol. The summed E-state index contributed by atoms with van der Waals surface area (Å²) < 4.78 is 35.3. The lowest BCUT2D eigenvalue weighted by Gasteiger charge is -2.27. The van der Waals surface area contributed by atoms with Gasteiger partial charge in [-0.25, -0.2) is 0 Å². The van der Waals surface area contributed by atoms with Gasteiger partial charge in [-0.3, -0.25) is 4.79 Å². The zero-order valence-electron chi connectivity index (χ0n) is 14.0. The average Bonchev–Trinajstić information content (AvgIpc) is 2.54. The number of piperidine rings is 1. The summed E-state index contributed by atoms with van der Waals surface area (Å²) in [4.78, 5) is 12.3. The van der Waals surface area contributed by atoms with Crippen LogP contribution in [0.1, 0.15) is 32.3 Å². The molecule has 0 bridgehead atoms. The highest BCUT2D eigenvalue weighted by molar-refractivity contribution is 5.78. The Morgan fingerprint density at radius 2 is 2.25 bits per heavy atom. The van der Waals surface area contributed by atoms with Gasteiger partial charge in [-0.2, -0.15) is 8.78 Å². The molecular formula is C17H24F2N2O3. The second-order valence-electron chi connectivity index (χ2n) is 5.85. The van der Waals surface area contributed by atoms with Crippen molar-refractivity contribution in [3.05, 3.63) is 23.8 Å². The van der Waals surface area contributed by atoms with Gasteiger partial charge >= 0.3 is 6.61 Å². The fraction of sp³-hybridized carbons (Fsp3) is 0.588. The van der Waals surface area contributed by atoms with E-state index >= 15 is 0 Å². The third-order valence-electron chi connectivity index (χ3n) is 4.01. The number of amides is 1. The second kappa shape index (κ2) is 8.82. The first-order chi connectivity index (χ1) is 11.5. The molecule has 0 radical (unpaired) electrons. The molecule has 1 heterocycles. The van der Waals surface area contributed by atoms with Gasteiger partial charge in [0, 0.05) is 24.1 Å². The van der Waals surface area contributed by atoms with E-state index in [-0.39, 0.29) is 29.9 Å². The molecule has 2 rings (SSSR count). The maximum atomic E-state index is 12.7. The molecule has 1 fully saturated rings. The zero-order chi connectivity index (χ0) is 17.5. The van der Waals surface area contributed by atoms with Crippen molar-refractivity contribution >= 4 is 5.91 Å². The zero-order valence-corrected chi connectivity index (χ0v) is 14.0. The second-order valence-corrected chi connectivity index (χ2v) is 5.85. The standard InChI is InChI=1S/C17H24F2N2O3/c1-3-23-14-6-4-5-13(15(14)24-17(18)19)10-21-16(22)12-7-8-20-11(2)9-12/h4-6,11-12,17,20H,3,7-10H2,1-2H3,(H,21,22)/t11-,12-/m0/s1. The molecule has 1 aromatic carbocycles. The SMILES string of the molecule is CCOc1cccc(CNC(=O)[C@H]2CCN[C@@H](C)C2)c1OC(F)F. The largest absolute Gasteiger partial charge is 0.490 e. The van der Waals surface area contributed by atoms with Gasteiger partial charge in [-0.05, 0) is 39.3 Å². The van der Waals surface area contributed by atoms with Gasteiger partial charge in [-0.15, -0.1) is 0 Å². The van der Waals surface area contributed by atoms with Crippen LogP contribution >= 0.6 is 0 Å². The number of nitrogens with one attached hydrogen (secondary N) is 2. The Bertz CT molecular complexity index is 555. The van der Waals surface area contributed by atoms with Crippen LogP contribution in [-0.2, 0) is 11.3 Å². The normalized spacial score (nSPS) is 20.7. The molecule has 0 spiro atoms. The van der Waals surface area contributed by atoms with Crippen molar-refractivity contribution in [3.63, 3.8) is 0 Å². The van der Waals surface area contributed by atoms with Crippen molar-refractivity contribution in [2.75, 3.05) is 13.2 Å². The molecule has 1 aliphatic rings. The Labute approximate surface area is 140 Å². The molecule has 0 saturated carbocycles. The Balaban J connectivity index is 2.05. The van der Waals surface area contributed by atoms with Crippen LogP contribution in [-0.4, -0.2) is 31.7 Å². The van der Waals surface area contributed by atoms with Crippen molar-refractivity contribution in [1.82, 2.24) is 10.6 Å². The van der Waals surface area contributed by atoms with Gasteiger partial charge in [0.1, 0.15) is 0 Å². The Hall–Kier alpha value is -1.89. The first kappa shape index (κ1) is 18.4. The van der Waals surface area contributed by atoms with Crippen molar-refractivity contribution in [2.24, 2.45) is 5.92 Å². The topological polar surface area (TPSA) is 59.6 Å². The highest BCUT2D eigenvalue weighted by Gasteiger charge is 2.25. The lowest BCUT2D eigenvalue weighted by atomic mass is 9.92. The van der Waals surface area contributed by atoms with Gasteiger partial charge in [0.05, 0.1) is 6.61 Å². The van der Waals surface area contributed by atoms with E-state index < -0.39 is 6.61 Å². The molecule has 1 amide bonds. The Kier molecular flexibility index (Phi) is 6.78. The summed E-state index contributed by atoms with van der Waals surface area (Å²) >= 11 is 0. The third kappa shape index (κ3) is 5.06. The van der Waals surface area contributed by atoms with Crippen LogP contribution in [0.2, 0.25) is 0 Å². The number of hydrogen-bond acceptors (Lipinski definition) is 4. The van der Waals surface area contributed by atoms with Crippen LogP contribution in [0.25, 0.3) is 0 Å². The van der Waals surface area contributed by atoms with Gasteiger partial charge in [0.2, 0.25) is 5.91 Å². The molecule has 5 nitrogen and oxygen atoms in total. The number of hydrogen-bond donors (Lipinski definition) is 2. The fourth-order valence-electron chi connectivity index (χ4n) is 2.89. The van der Waals surface area contributed by atoms with E-state index in [2.05, 4.69) is 15.4 Å². The van der Waals surface area contributed by atoms with Crippen molar-refractivity contribution < 1.29 is 23.0 Å². The lowest BCUT2D eigenvalue weighted by Crippen LogP contribution is -2.42. The van der Waals surface area contributed by atoms with E-state index in [9.17, 15) is 13.6 Å². The first-order valence-corrected chi connectivity index (χ1v) is 8.21. The minimum absolute atomic E-state index is 0.0201. The molecule has 1 saturated heterocycles. The molecule has 0 unspecified atom stereocenters. The summed E-state index contributed by atoms with van der Waals surface area (Å²) in [6, 6.07) is 5.21. The summed E-state index contributed by atoms with van der Waals surface area (Å²) in [7, 11) is 0. The van der Waals surface area contributed by atoms with Crippen LogP contribution in [0.5, 0.6) is 11.5 Å². The molecule has 134 valence electrons. The minimum atomic E-state index is -2.95. The van der Waals surface area contributed by atoms with Crippen molar-refractivity contribution in [3.8, 4) is 11.5 Å². The lowest BCUT2D eigenvalue weighted by molar-refractivity contribution is -0.126. The Morgan fingerprint density at radius 1 is 1.46 bits per heavy atom. The molecule has 1 aliphatic heterocycles. The summed E-state index contributed by atoms with van der Waals surface area (Å²) in [5.41, 5.74) is 0.469. The summed E-state index contributed by atoms with van der Waals surface area (Å²) in [6.45, 7) is 2.12. The Morgan fingerprint density at radius 3 is 2.92 bits per heavy atom. The van der Waals surface area contributed by atoms with Crippen molar-refractivity contribution in [2.45, 2.75) is 45.9 Å². The molecule has 0 aliphatic carbocycles. The van der Waals surface area contributed by atoms with Crippen LogP contribution in [0, 0.1) is 5.92 Å². The molecule has 7 heteroatoms. The number of carbonyl (C=O) groups is 1. The molecule has 24 heavy (non-hydrogen) atoms. The number of rotatable bonds is 7. The summed E-state index contributed by atoms with van der Waals surface area (Å²) in [6.07, 6.45) is 1.54. The van der Waals surface area contributed by atoms with E-state index in [1.807, 2.05) is 6.92 Å².